The predicted molar refractivity (Wildman–Crippen MR) is 86.4 cm³/mol. The van der Waals surface area contributed by atoms with Gasteiger partial charge in [0.25, 0.3) is 0 Å². The lowest BCUT2D eigenvalue weighted by molar-refractivity contribution is 0.537. The Morgan fingerprint density at radius 3 is 2.67 bits per heavy atom. The highest BCUT2D eigenvalue weighted by Gasteiger charge is 2.16. The van der Waals surface area contributed by atoms with Crippen LogP contribution < -0.4 is 11.3 Å². The standard InChI is InChI=1S/C16H14Cl2N2O/c17-13-6-5-10(7-14(13)18)8-15(20-19)12-9-21-16-4-2-1-3-11(12)16/h1-7,9,15,20H,8,19H2. The number of furan rings is 1. The second kappa shape index (κ2) is 6.08. The van der Waals surface area contributed by atoms with Crippen molar-refractivity contribution in [1.82, 2.24) is 5.43 Å². The van der Waals surface area contributed by atoms with Crippen LogP contribution in [0.1, 0.15) is 17.2 Å². The summed E-state index contributed by atoms with van der Waals surface area (Å²) in [6, 6.07) is 13.4. The highest BCUT2D eigenvalue weighted by molar-refractivity contribution is 6.42. The van der Waals surface area contributed by atoms with Crippen LogP contribution in [0.4, 0.5) is 0 Å². The first-order chi connectivity index (χ1) is 10.2. The minimum Gasteiger partial charge on any atom is -0.464 e. The summed E-state index contributed by atoms with van der Waals surface area (Å²) >= 11 is 12.0. The van der Waals surface area contributed by atoms with Crippen LogP contribution in [-0.2, 0) is 6.42 Å². The average molecular weight is 321 g/mol. The van der Waals surface area contributed by atoms with Gasteiger partial charge < -0.3 is 4.42 Å². The van der Waals surface area contributed by atoms with E-state index in [2.05, 4.69) is 5.43 Å². The van der Waals surface area contributed by atoms with Gasteiger partial charge >= 0.3 is 0 Å². The van der Waals surface area contributed by atoms with Crippen molar-refractivity contribution >= 4 is 34.2 Å². The van der Waals surface area contributed by atoms with E-state index in [1.54, 1.807) is 12.3 Å². The summed E-state index contributed by atoms with van der Waals surface area (Å²) in [7, 11) is 0. The number of benzene rings is 2. The van der Waals surface area contributed by atoms with E-state index >= 15 is 0 Å². The molecule has 5 heteroatoms. The highest BCUT2D eigenvalue weighted by atomic mass is 35.5. The normalized spacial score (nSPS) is 12.7. The Balaban J connectivity index is 1.93. The number of rotatable bonds is 4. The van der Waals surface area contributed by atoms with E-state index in [4.69, 9.17) is 33.5 Å². The Bertz CT molecular complexity index is 770. The molecule has 0 aliphatic heterocycles. The molecule has 3 N–H and O–H groups in total. The fourth-order valence-corrected chi connectivity index (χ4v) is 2.75. The molecule has 21 heavy (non-hydrogen) atoms. The molecule has 0 fully saturated rings. The van der Waals surface area contributed by atoms with E-state index in [1.165, 1.54) is 0 Å². The van der Waals surface area contributed by atoms with Gasteiger partial charge in [-0.1, -0.05) is 47.5 Å². The summed E-state index contributed by atoms with van der Waals surface area (Å²) in [4.78, 5) is 0. The van der Waals surface area contributed by atoms with Gasteiger partial charge in [0.15, 0.2) is 0 Å². The molecule has 3 nitrogen and oxygen atoms in total. The maximum atomic E-state index is 6.06. The summed E-state index contributed by atoms with van der Waals surface area (Å²) in [5.74, 6) is 5.72. The third-order valence-electron chi connectivity index (χ3n) is 3.51. The fraction of sp³-hybridized carbons (Fsp3) is 0.125. The molecule has 3 aromatic rings. The van der Waals surface area contributed by atoms with Gasteiger partial charge in [-0.05, 0) is 30.2 Å². The van der Waals surface area contributed by atoms with Crippen molar-refractivity contribution in [2.75, 3.05) is 0 Å². The Morgan fingerprint density at radius 1 is 1.10 bits per heavy atom. The molecule has 0 saturated carbocycles. The van der Waals surface area contributed by atoms with Crippen molar-refractivity contribution < 1.29 is 4.42 Å². The van der Waals surface area contributed by atoms with Gasteiger partial charge in [0.1, 0.15) is 5.58 Å². The lowest BCUT2D eigenvalue weighted by Crippen LogP contribution is -2.29. The summed E-state index contributed by atoms with van der Waals surface area (Å²) < 4.78 is 5.57. The maximum Gasteiger partial charge on any atom is 0.134 e. The quantitative estimate of drug-likeness (QED) is 0.550. The zero-order chi connectivity index (χ0) is 14.8. The number of hydrazine groups is 1. The van der Waals surface area contributed by atoms with E-state index in [0.717, 1.165) is 22.1 Å². The Morgan fingerprint density at radius 2 is 1.90 bits per heavy atom. The highest BCUT2D eigenvalue weighted by Crippen LogP contribution is 2.30. The molecule has 108 valence electrons. The molecule has 1 aromatic heterocycles. The van der Waals surface area contributed by atoms with Crippen LogP contribution in [0.15, 0.2) is 53.1 Å². The number of halogens is 2. The number of nitrogens with one attached hydrogen (secondary N) is 1. The lowest BCUT2D eigenvalue weighted by atomic mass is 9.99. The molecule has 0 aliphatic carbocycles. The molecule has 0 spiro atoms. The van der Waals surface area contributed by atoms with Crippen molar-refractivity contribution in [3.63, 3.8) is 0 Å². The lowest BCUT2D eigenvalue weighted by Gasteiger charge is -2.15. The topological polar surface area (TPSA) is 51.2 Å². The van der Waals surface area contributed by atoms with E-state index in [1.807, 2.05) is 36.4 Å². The summed E-state index contributed by atoms with van der Waals surface area (Å²) in [5.41, 5.74) is 5.77. The molecule has 3 rings (SSSR count). The first-order valence-corrected chi connectivity index (χ1v) is 7.31. The van der Waals surface area contributed by atoms with Gasteiger partial charge in [0, 0.05) is 10.9 Å². The fourth-order valence-electron chi connectivity index (χ4n) is 2.43. The minimum atomic E-state index is -0.0640. The predicted octanol–water partition coefficient (Wildman–Crippen LogP) is 4.49. The van der Waals surface area contributed by atoms with Crippen molar-refractivity contribution in [1.29, 1.82) is 0 Å². The first-order valence-electron chi connectivity index (χ1n) is 6.55. The zero-order valence-electron chi connectivity index (χ0n) is 11.1. The van der Waals surface area contributed by atoms with Crippen LogP contribution in [0.5, 0.6) is 0 Å². The summed E-state index contributed by atoms with van der Waals surface area (Å²) in [6.07, 6.45) is 2.43. The number of hydrogen-bond acceptors (Lipinski definition) is 3. The van der Waals surface area contributed by atoms with E-state index < -0.39 is 0 Å². The van der Waals surface area contributed by atoms with Gasteiger partial charge in [-0.3, -0.25) is 11.3 Å². The molecule has 2 aromatic carbocycles. The Hall–Kier alpha value is -1.52. The third kappa shape index (κ3) is 2.92. The molecule has 0 aliphatic rings. The number of nitrogens with two attached hydrogens (primary N) is 1. The maximum absolute atomic E-state index is 6.06. The van der Waals surface area contributed by atoms with Crippen LogP contribution in [0.2, 0.25) is 10.0 Å². The van der Waals surface area contributed by atoms with Crippen LogP contribution >= 0.6 is 23.2 Å². The van der Waals surface area contributed by atoms with Gasteiger partial charge in [0.05, 0.1) is 22.4 Å². The zero-order valence-corrected chi connectivity index (χ0v) is 12.7. The van der Waals surface area contributed by atoms with E-state index in [-0.39, 0.29) is 6.04 Å². The van der Waals surface area contributed by atoms with Crippen LogP contribution in [0.3, 0.4) is 0 Å². The SMILES string of the molecule is NNC(Cc1ccc(Cl)c(Cl)c1)c1coc2ccccc12. The van der Waals surface area contributed by atoms with Crippen LogP contribution in [0.25, 0.3) is 11.0 Å². The number of fused-ring (bicyclic) bond motifs is 1. The average Bonchev–Trinajstić information content (AvgIpc) is 2.92. The largest absolute Gasteiger partial charge is 0.464 e. The van der Waals surface area contributed by atoms with E-state index in [9.17, 15) is 0 Å². The van der Waals surface area contributed by atoms with Crippen molar-refractivity contribution in [3.05, 3.63) is 69.9 Å². The second-order valence-corrected chi connectivity index (χ2v) is 5.67. The van der Waals surface area contributed by atoms with Gasteiger partial charge in [-0.15, -0.1) is 0 Å². The first kappa shape index (κ1) is 14.4. The van der Waals surface area contributed by atoms with Gasteiger partial charge in [-0.2, -0.15) is 0 Å². The van der Waals surface area contributed by atoms with Gasteiger partial charge in [-0.25, -0.2) is 0 Å². The monoisotopic (exact) mass is 320 g/mol. The smallest absolute Gasteiger partial charge is 0.134 e. The van der Waals surface area contributed by atoms with Crippen molar-refractivity contribution in [2.24, 2.45) is 5.84 Å². The second-order valence-electron chi connectivity index (χ2n) is 4.86. The minimum absolute atomic E-state index is 0.0640. The van der Waals surface area contributed by atoms with Crippen LogP contribution in [0, 0.1) is 0 Å². The summed E-state index contributed by atoms with van der Waals surface area (Å²) in [5, 5.41) is 2.15. The van der Waals surface area contributed by atoms with Crippen molar-refractivity contribution in [3.8, 4) is 0 Å². The van der Waals surface area contributed by atoms with Crippen LogP contribution in [-0.4, -0.2) is 0 Å². The summed E-state index contributed by atoms with van der Waals surface area (Å²) in [6.45, 7) is 0. The molecule has 1 unspecified atom stereocenters. The van der Waals surface area contributed by atoms with E-state index in [0.29, 0.717) is 16.5 Å². The molecular weight excluding hydrogens is 307 g/mol. The molecule has 1 atom stereocenters. The molecule has 0 saturated heterocycles. The Labute approximate surface area is 132 Å². The van der Waals surface area contributed by atoms with Gasteiger partial charge in [0.2, 0.25) is 0 Å². The molecular formula is C16H14Cl2N2O. The Kier molecular flexibility index (Phi) is 4.17. The third-order valence-corrected chi connectivity index (χ3v) is 4.25. The molecule has 0 amide bonds. The molecule has 0 bridgehead atoms. The molecule has 0 radical (unpaired) electrons. The molecule has 1 heterocycles. The number of para-hydroxylation sites is 1. The van der Waals surface area contributed by atoms with Crippen molar-refractivity contribution in [2.45, 2.75) is 12.5 Å². The number of hydrogen-bond donors (Lipinski definition) is 2.